The van der Waals surface area contributed by atoms with Crippen molar-refractivity contribution in [2.75, 3.05) is 37.7 Å². The molecule has 2 saturated heterocycles. The number of rotatable bonds is 3. The fourth-order valence-electron chi connectivity index (χ4n) is 4.11. The van der Waals surface area contributed by atoms with E-state index in [2.05, 4.69) is 27.0 Å². The van der Waals surface area contributed by atoms with Crippen LogP contribution in [0.1, 0.15) is 24.2 Å². The third kappa shape index (κ3) is 3.71. The molecule has 0 bridgehead atoms. The van der Waals surface area contributed by atoms with E-state index < -0.39 is 0 Å². The van der Waals surface area contributed by atoms with Gasteiger partial charge in [0.25, 0.3) is 0 Å². The third-order valence-corrected chi connectivity index (χ3v) is 5.24. The molecule has 0 aromatic carbocycles. The second kappa shape index (κ2) is 7.29. The van der Waals surface area contributed by atoms with Gasteiger partial charge in [0.15, 0.2) is 11.6 Å². The SMILES string of the molecule is Cc1cccc(CN2CCO[C@@]3(CCCN(c4ncccc4F)C3)C2)n1. The summed E-state index contributed by atoms with van der Waals surface area (Å²) in [5, 5.41) is 0. The van der Waals surface area contributed by atoms with Crippen molar-refractivity contribution in [3.8, 4) is 0 Å². The van der Waals surface area contributed by atoms with Gasteiger partial charge in [-0.05, 0) is 44.0 Å². The summed E-state index contributed by atoms with van der Waals surface area (Å²) in [7, 11) is 0. The molecular weight excluding hydrogens is 331 g/mol. The smallest absolute Gasteiger partial charge is 0.165 e. The predicted octanol–water partition coefficient (Wildman–Crippen LogP) is 2.80. The van der Waals surface area contributed by atoms with Crippen LogP contribution in [-0.4, -0.2) is 53.3 Å². The zero-order valence-corrected chi connectivity index (χ0v) is 15.2. The number of aromatic nitrogens is 2. The predicted molar refractivity (Wildman–Crippen MR) is 98.6 cm³/mol. The van der Waals surface area contributed by atoms with Crippen LogP contribution < -0.4 is 4.90 Å². The van der Waals surface area contributed by atoms with Crippen LogP contribution in [0.25, 0.3) is 0 Å². The van der Waals surface area contributed by atoms with Crippen LogP contribution in [0.4, 0.5) is 10.2 Å². The Morgan fingerprint density at radius 2 is 2.12 bits per heavy atom. The summed E-state index contributed by atoms with van der Waals surface area (Å²) >= 11 is 0. The topological polar surface area (TPSA) is 41.5 Å². The molecule has 2 aromatic rings. The molecule has 0 aliphatic carbocycles. The van der Waals surface area contributed by atoms with Gasteiger partial charge in [0.1, 0.15) is 0 Å². The molecule has 0 amide bonds. The van der Waals surface area contributed by atoms with Gasteiger partial charge < -0.3 is 9.64 Å². The quantitative estimate of drug-likeness (QED) is 0.846. The Morgan fingerprint density at radius 1 is 1.19 bits per heavy atom. The lowest BCUT2D eigenvalue weighted by Gasteiger charge is -2.48. The standard InChI is InChI=1S/C20H25FN4O/c1-16-5-2-6-17(23-16)13-24-11-12-26-20(14-24)8-4-10-25(15-20)19-18(21)7-3-9-22-19/h2-3,5-7,9H,4,8,10-15H2,1H3/t20-/m0/s1. The van der Waals surface area contributed by atoms with Crippen molar-refractivity contribution in [2.45, 2.75) is 31.9 Å². The van der Waals surface area contributed by atoms with Gasteiger partial charge in [-0.25, -0.2) is 9.37 Å². The molecule has 26 heavy (non-hydrogen) atoms. The molecule has 138 valence electrons. The molecule has 0 N–H and O–H groups in total. The van der Waals surface area contributed by atoms with E-state index in [1.807, 2.05) is 17.9 Å². The third-order valence-electron chi connectivity index (χ3n) is 5.24. The number of hydrogen-bond donors (Lipinski definition) is 0. The number of pyridine rings is 2. The first-order valence-corrected chi connectivity index (χ1v) is 9.28. The lowest BCUT2D eigenvalue weighted by molar-refractivity contribution is -0.116. The minimum Gasteiger partial charge on any atom is -0.370 e. The first kappa shape index (κ1) is 17.4. The van der Waals surface area contributed by atoms with Crippen LogP contribution in [-0.2, 0) is 11.3 Å². The number of nitrogens with zero attached hydrogens (tertiary/aromatic N) is 4. The molecule has 0 radical (unpaired) electrons. The van der Waals surface area contributed by atoms with Gasteiger partial charge in [-0.2, -0.15) is 0 Å². The molecule has 2 aromatic heterocycles. The van der Waals surface area contributed by atoms with Crippen LogP contribution in [0.5, 0.6) is 0 Å². The molecule has 2 fully saturated rings. The molecule has 4 heterocycles. The van der Waals surface area contributed by atoms with Gasteiger partial charge in [-0.1, -0.05) is 6.07 Å². The number of anilines is 1. The van der Waals surface area contributed by atoms with Crippen molar-refractivity contribution in [1.29, 1.82) is 0 Å². The molecule has 0 unspecified atom stereocenters. The number of morpholine rings is 1. The molecule has 1 atom stereocenters. The first-order valence-electron chi connectivity index (χ1n) is 9.28. The maximum atomic E-state index is 14.2. The Labute approximate surface area is 153 Å². The van der Waals surface area contributed by atoms with E-state index in [-0.39, 0.29) is 11.4 Å². The highest BCUT2D eigenvalue weighted by Crippen LogP contribution is 2.32. The number of halogens is 1. The van der Waals surface area contributed by atoms with Crippen LogP contribution in [0.15, 0.2) is 36.5 Å². The van der Waals surface area contributed by atoms with Gasteiger partial charge in [-0.15, -0.1) is 0 Å². The van der Waals surface area contributed by atoms with Crippen molar-refractivity contribution in [2.24, 2.45) is 0 Å². The maximum absolute atomic E-state index is 14.2. The van der Waals surface area contributed by atoms with E-state index in [9.17, 15) is 4.39 Å². The van der Waals surface area contributed by atoms with Crippen molar-refractivity contribution in [3.63, 3.8) is 0 Å². The Morgan fingerprint density at radius 3 is 2.96 bits per heavy atom. The summed E-state index contributed by atoms with van der Waals surface area (Å²) < 4.78 is 20.4. The van der Waals surface area contributed by atoms with Crippen LogP contribution in [0.3, 0.4) is 0 Å². The lowest BCUT2D eigenvalue weighted by Crippen LogP contribution is -2.59. The van der Waals surface area contributed by atoms with Gasteiger partial charge in [0.05, 0.1) is 17.9 Å². The van der Waals surface area contributed by atoms with Crippen LogP contribution in [0, 0.1) is 12.7 Å². The minimum absolute atomic E-state index is 0.260. The summed E-state index contributed by atoms with van der Waals surface area (Å²) in [6, 6.07) is 9.25. The Bertz CT molecular complexity index is 767. The van der Waals surface area contributed by atoms with Crippen molar-refractivity contribution in [3.05, 3.63) is 53.7 Å². The average Bonchev–Trinajstić information content (AvgIpc) is 2.62. The normalized spacial score (nSPS) is 24.2. The second-order valence-corrected chi connectivity index (χ2v) is 7.35. The fourth-order valence-corrected chi connectivity index (χ4v) is 4.11. The van der Waals surface area contributed by atoms with E-state index in [1.54, 1.807) is 12.3 Å². The monoisotopic (exact) mass is 356 g/mol. The summed E-state index contributed by atoms with van der Waals surface area (Å²) in [5.41, 5.74) is 1.87. The van der Waals surface area contributed by atoms with E-state index in [1.165, 1.54) is 6.07 Å². The Hall–Kier alpha value is -2.05. The average molecular weight is 356 g/mol. The van der Waals surface area contributed by atoms with E-state index in [4.69, 9.17) is 4.74 Å². The van der Waals surface area contributed by atoms with Gasteiger partial charge in [-0.3, -0.25) is 9.88 Å². The van der Waals surface area contributed by atoms with Crippen LogP contribution >= 0.6 is 0 Å². The van der Waals surface area contributed by atoms with Crippen molar-refractivity contribution in [1.82, 2.24) is 14.9 Å². The summed E-state index contributed by atoms with van der Waals surface area (Å²) in [5.74, 6) is 0.175. The van der Waals surface area contributed by atoms with E-state index >= 15 is 0 Å². The molecular formula is C20H25FN4O. The largest absolute Gasteiger partial charge is 0.370 e. The second-order valence-electron chi connectivity index (χ2n) is 7.35. The maximum Gasteiger partial charge on any atom is 0.165 e. The molecule has 1 spiro atoms. The highest BCUT2D eigenvalue weighted by atomic mass is 19.1. The zero-order chi connectivity index (χ0) is 18.0. The zero-order valence-electron chi connectivity index (χ0n) is 15.2. The van der Waals surface area contributed by atoms with Crippen molar-refractivity contribution >= 4 is 5.82 Å². The lowest BCUT2D eigenvalue weighted by atomic mass is 9.90. The first-order chi connectivity index (χ1) is 12.6. The molecule has 0 saturated carbocycles. The summed E-state index contributed by atoms with van der Waals surface area (Å²) in [6.45, 7) is 6.78. The summed E-state index contributed by atoms with van der Waals surface area (Å²) in [6.07, 6.45) is 3.62. The molecule has 2 aliphatic rings. The Balaban J connectivity index is 1.48. The summed E-state index contributed by atoms with van der Waals surface area (Å²) in [4.78, 5) is 13.3. The number of piperidine rings is 1. The molecule has 2 aliphatic heterocycles. The Kier molecular flexibility index (Phi) is 4.87. The van der Waals surface area contributed by atoms with Crippen LogP contribution in [0.2, 0.25) is 0 Å². The number of aryl methyl sites for hydroxylation is 1. The van der Waals surface area contributed by atoms with E-state index in [0.29, 0.717) is 19.0 Å². The molecule has 4 rings (SSSR count). The highest BCUT2D eigenvalue weighted by Gasteiger charge is 2.41. The highest BCUT2D eigenvalue weighted by molar-refractivity contribution is 5.41. The molecule has 5 nitrogen and oxygen atoms in total. The molecule has 6 heteroatoms. The van der Waals surface area contributed by atoms with Gasteiger partial charge in [0.2, 0.25) is 0 Å². The van der Waals surface area contributed by atoms with Crippen molar-refractivity contribution < 1.29 is 9.13 Å². The van der Waals surface area contributed by atoms with Gasteiger partial charge >= 0.3 is 0 Å². The minimum atomic E-state index is -0.263. The number of ether oxygens (including phenoxy) is 1. The number of hydrogen-bond acceptors (Lipinski definition) is 5. The fraction of sp³-hybridized carbons (Fsp3) is 0.500. The van der Waals surface area contributed by atoms with E-state index in [0.717, 1.165) is 50.4 Å². The van der Waals surface area contributed by atoms with Gasteiger partial charge in [0, 0.05) is 44.6 Å².